The molecule has 0 N–H and O–H groups in total. The summed E-state index contributed by atoms with van der Waals surface area (Å²) in [5.74, 6) is 1.41. The molecule has 0 aliphatic rings. The van der Waals surface area contributed by atoms with Gasteiger partial charge in [0.15, 0.2) is 17.5 Å². The maximum absolute atomic E-state index is 4.94. The van der Waals surface area contributed by atoms with Gasteiger partial charge in [-0.05, 0) is 79.2 Å². The van der Waals surface area contributed by atoms with Gasteiger partial charge in [0, 0.05) is 22.9 Å². The Kier molecular flexibility index (Phi) is 13.9. The molecule has 0 atom stereocenters. The number of pyridine rings is 1. The Bertz CT molecular complexity index is 2240. The number of allylic oxidation sites excluding steroid dienone is 2. The summed E-state index contributed by atoms with van der Waals surface area (Å²) in [6, 6.07) is 42.8. The van der Waals surface area contributed by atoms with E-state index in [0.717, 1.165) is 40.8 Å². The lowest BCUT2D eigenvalue weighted by molar-refractivity contribution is 0.478. The normalized spacial score (nSPS) is 13.0. The molecule has 5 rings (SSSR count). The van der Waals surface area contributed by atoms with Crippen LogP contribution in [0.1, 0.15) is 72.7 Å². The second-order valence-electron chi connectivity index (χ2n) is 12.8. The molecule has 274 valence electrons. The molecule has 0 spiro atoms. The van der Waals surface area contributed by atoms with Gasteiger partial charge in [-0.25, -0.2) is 20.0 Å². The van der Waals surface area contributed by atoms with Gasteiger partial charge in [0.1, 0.15) is 11.4 Å². The molecule has 7 heteroatoms. The minimum Gasteiger partial charge on any atom is -0.261 e. The van der Waals surface area contributed by atoms with Gasteiger partial charge in [-0.15, -0.1) is 0 Å². The van der Waals surface area contributed by atoms with Gasteiger partial charge in [-0.1, -0.05) is 148 Å². The smallest absolute Gasteiger partial charge is 0.179 e. The van der Waals surface area contributed by atoms with Crippen molar-refractivity contribution in [1.82, 2.24) is 4.98 Å². The van der Waals surface area contributed by atoms with Crippen LogP contribution in [0.2, 0.25) is 0 Å². The first-order valence-electron chi connectivity index (χ1n) is 18.3. The van der Waals surface area contributed by atoms with Gasteiger partial charge < -0.3 is 0 Å². The van der Waals surface area contributed by atoms with Crippen molar-refractivity contribution in [3.8, 4) is 0 Å². The van der Waals surface area contributed by atoms with Crippen molar-refractivity contribution >= 4 is 42.4 Å². The average Bonchev–Trinajstić information content (AvgIpc) is 3.25. The number of amidine groups is 3. The molecular weight excluding hydrogens is 675 g/mol. The second-order valence-corrected chi connectivity index (χ2v) is 12.8. The summed E-state index contributed by atoms with van der Waals surface area (Å²) >= 11 is 0. The monoisotopic (exact) mass is 721 g/mol. The quantitative estimate of drug-likeness (QED) is 0.0638. The molecule has 55 heavy (non-hydrogen) atoms. The van der Waals surface area contributed by atoms with E-state index in [1.165, 1.54) is 11.1 Å². The van der Waals surface area contributed by atoms with Gasteiger partial charge >= 0.3 is 0 Å². The average molecular weight is 722 g/mol. The standard InChI is InChI=1S/C48H47N7/c1-8-19-43(49-6)47(53-35(4)38-20-13-11-14-21-38)54-36(5)39-27-31-42(32-28-39)48(9-2,10-3)41-29-25-37(26-30-41)34-52-45(40-22-15-12-16-23-40)55-46(50-7)44-24-17-18-33-51-44/h8,11-33H,1,4,6-7,9-10,34H2,2-3,5H3/b43-19-,52-45?,53-47?,54-36?,55-46?. The van der Waals surface area contributed by atoms with Crippen LogP contribution in [0.15, 0.2) is 195 Å². The van der Waals surface area contributed by atoms with Gasteiger partial charge in [-0.2, -0.15) is 0 Å². The Balaban J connectivity index is 1.41. The van der Waals surface area contributed by atoms with Gasteiger partial charge in [0.2, 0.25) is 0 Å². The van der Waals surface area contributed by atoms with E-state index in [1.54, 1.807) is 18.3 Å². The van der Waals surface area contributed by atoms with Crippen LogP contribution in [0.4, 0.5) is 0 Å². The van der Waals surface area contributed by atoms with Crippen LogP contribution in [0.25, 0.3) is 5.70 Å². The van der Waals surface area contributed by atoms with Gasteiger partial charge in [0.05, 0.1) is 12.2 Å². The van der Waals surface area contributed by atoms with Crippen LogP contribution in [0.5, 0.6) is 0 Å². The van der Waals surface area contributed by atoms with E-state index >= 15 is 0 Å². The van der Waals surface area contributed by atoms with E-state index in [1.807, 2.05) is 85.8 Å². The van der Waals surface area contributed by atoms with Crippen molar-refractivity contribution in [3.05, 3.63) is 204 Å². The Hall–Kier alpha value is -6.73. The summed E-state index contributed by atoms with van der Waals surface area (Å²) in [6.07, 6.45) is 6.98. The van der Waals surface area contributed by atoms with Crippen molar-refractivity contribution in [3.63, 3.8) is 0 Å². The minimum absolute atomic E-state index is 0.176. The topological polar surface area (TPSA) is 87.0 Å². The predicted octanol–water partition coefficient (Wildman–Crippen LogP) is 10.9. The van der Waals surface area contributed by atoms with E-state index < -0.39 is 0 Å². The summed E-state index contributed by atoms with van der Waals surface area (Å²) in [7, 11) is 0. The molecule has 4 aromatic carbocycles. The first kappa shape index (κ1) is 39.5. The fourth-order valence-corrected chi connectivity index (χ4v) is 6.40. The third-order valence-electron chi connectivity index (χ3n) is 9.56. The molecule has 0 fully saturated rings. The molecule has 0 amide bonds. The van der Waals surface area contributed by atoms with Crippen molar-refractivity contribution in [2.45, 2.75) is 45.6 Å². The number of rotatable bonds is 14. The Morgan fingerprint density at radius 1 is 0.655 bits per heavy atom. The molecule has 0 bridgehead atoms. The maximum Gasteiger partial charge on any atom is 0.179 e. The zero-order valence-electron chi connectivity index (χ0n) is 31.9. The summed E-state index contributed by atoms with van der Waals surface area (Å²) in [6.45, 7) is 22.4. The molecule has 1 aromatic heterocycles. The lowest BCUT2D eigenvalue weighted by Crippen LogP contribution is -2.26. The van der Waals surface area contributed by atoms with Crippen LogP contribution in [0.3, 0.4) is 0 Å². The lowest BCUT2D eigenvalue weighted by Gasteiger charge is -2.33. The summed E-state index contributed by atoms with van der Waals surface area (Å²) in [4.78, 5) is 32.2. The molecule has 0 saturated heterocycles. The van der Waals surface area contributed by atoms with Crippen molar-refractivity contribution < 1.29 is 0 Å². The molecule has 0 aliphatic carbocycles. The largest absolute Gasteiger partial charge is 0.261 e. The maximum atomic E-state index is 4.94. The van der Waals surface area contributed by atoms with Crippen LogP contribution >= 0.6 is 0 Å². The van der Waals surface area contributed by atoms with Gasteiger partial charge in [-0.3, -0.25) is 15.0 Å². The molecule has 0 radical (unpaired) electrons. The highest BCUT2D eigenvalue weighted by molar-refractivity contribution is 6.13. The Morgan fingerprint density at radius 2 is 1.25 bits per heavy atom. The molecule has 0 saturated carbocycles. The van der Waals surface area contributed by atoms with Crippen molar-refractivity contribution in [2.24, 2.45) is 30.0 Å². The highest BCUT2D eigenvalue weighted by atomic mass is 15.0. The number of hydrogen-bond acceptors (Lipinski definition) is 4. The van der Waals surface area contributed by atoms with E-state index in [9.17, 15) is 0 Å². The van der Waals surface area contributed by atoms with E-state index in [2.05, 4.69) is 104 Å². The third kappa shape index (κ3) is 9.83. The fraction of sp³-hybridized carbons (Fsp3) is 0.146. The highest BCUT2D eigenvalue weighted by Gasteiger charge is 2.30. The molecule has 7 nitrogen and oxygen atoms in total. The number of aromatic nitrogens is 1. The van der Waals surface area contributed by atoms with Crippen LogP contribution in [0, 0.1) is 0 Å². The Labute approximate surface area is 325 Å². The molecule has 1 heterocycles. The first-order chi connectivity index (χ1) is 26.8. The number of nitrogens with zero attached hydrogens (tertiary/aromatic N) is 7. The van der Waals surface area contributed by atoms with Crippen molar-refractivity contribution in [1.29, 1.82) is 0 Å². The summed E-state index contributed by atoms with van der Waals surface area (Å²) in [5.41, 5.74) is 8.70. The van der Waals surface area contributed by atoms with Gasteiger partial charge in [0.25, 0.3) is 0 Å². The zero-order chi connectivity index (χ0) is 39.0. The highest BCUT2D eigenvalue weighted by Crippen LogP contribution is 2.39. The first-order valence-corrected chi connectivity index (χ1v) is 18.3. The lowest BCUT2D eigenvalue weighted by atomic mass is 9.70. The Morgan fingerprint density at radius 3 is 1.80 bits per heavy atom. The zero-order valence-corrected chi connectivity index (χ0v) is 31.9. The van der Waals surface area contributed by atoms with E-state index in [-0.39, 0.29) is 5.41 Å². The molecule has 0 aliphatic heterocycles. The molecular formula is C48H47N7. The summed E-state index contributed by atoms with van der Waals surface area (Å²) < 4.78 is 0. The minimum atomic E-state index is -0.176. The predicted molar refractivity (Wildman–Crippen MR) is 234 cm³/mol. The molecule has 5 aromatic rings. The fourth-order valence-electron chi connectivity index (χ4n) is 6.40. The van der Waals surface area contributed by atoms with E-state index in [4.69, 9.17) is 20.0 Å². The summed E-state index contributed by atoms with van der Waals surface area (Å²) in [5, 5.41) is 0. The molecule has 0 unspecified atom stereocenters. The second kappa shape index (κ2) is 19.4. The SMILES string of the molecule is C=C/C=C(\N=C)C(=NC(=C)c1ccccc1)N=C(C)c1ccc(C(CC)(CC)c2ccc(CN=C(N=C(N=C)c3ccccn3)c3ccccc3)cc2)cc1. The van der Waals surface area contributed by atoms with E-state index in [0.29, 0.717) is 41.1 Å². The van der Waals surface area contributed by atoms with Crippen LogP contribution in [-0.2, 0) is 12.0 Å². The number of benzene rings is 4. The third-order valence-corrected chi connectivity index (χ3v) is 9.56. The van der Waals surface area contributed by atoms with Crippen LogP contribution in [-0.4, -0.2) is 41.6 Å². The van der Waals surface area contributed by atoms with Crippen molar-refractivity contribution in [2.75, 3.05) is 0 Å². The van der Waals surface area contributed by atoms with Crippen LogP contribution < -0.4 is 0 Å². The number of hydrogen-bond donors (Lipinski definition) is 0. The number of aliphatic imine (C=N–C) groups is 6.